The zero-order valence-electron chi connectivity index (χ0n) is 13.5. The number of allylic oxidation sites excluding steroid dienone is 4. The number of rotatable bonds is 13. The molecule has 0 aromatic rings. The van der Waals surface area contributed by atoms with E-state index in [2.05, 4.69) is 6.92 Å². The van der Waals surface area contributed by atoms with Gasteiger partial charge in [-0.2, -0.15) is 0 Å². The van der Waals surface area contributed by atoms with Crippen molar-refractivity contribution < 1.29 is 20.1 Å². The maximum absolute atomic E-state index is 10.3. The summed E-state index contributed by atoms with van der Waals surface area (Å²) < 4.78 is 0. The summed E-state index contributed by atoms with van der Waals surface area (Å²) in [5.74, 6) is -0.908. The fourth-order valence-corrected chi connectivity index (χ4v) is 1.93. The van der Waals surface area contributed by atoms with Crippen molar-refractivity contribution in [3.05, 3.63) is 36.5 Å². The van der Waals surface area contributed by atoms with Crippen LogP contribution >= 0.6 is 0 Å². The van der Waals surface area contributed by atoms with Gasteiger partial charge in [0.15, 0.2) is 0 Å². The van der Waals surface area contributed by atoms with Crippen LogP contribution in [0, 0.1) is 0 Å². The largest absolute Gasteiger partial charge is 0.481 e. The minimum atomic E-state index is -0.908. The van der Waals surface area contributed by atoms with E-state index in [-0.39, 0.29) is 12.8 Å². The van der Waals surface area contributed by atoms with Crippen molar-refractivity contribution >= 4 is 5.97 Å². The Morgan fingerprint density at radius 3 is 1.95 bits per heavy atom. The molecule has 4 nitrogen and oxygen atoms in total. The molecule has 4 heteroatoms. The number of carbonyl (C=O) groups is 1. The normalized spacial score (nSPS) is 15.0. The second-order valence-electron chi connectivity index (χ2n) is 5.42. The molecule has 0 heterocycles. The number of aliphatic carboxylic acids is 1. The van der Waals surface area contributed by atoms with Crippen molar-refractivity contribution in [2.45, 2.75) is 70.5 Å². The third-order valence-corrected chi connectivity index (χ3v) is 3.26. The molecular formula is C18H30O4. The first-order chi connectivity index (χ1) is 10.6. The molecule has 0 aliphatic heterocycles. The van der Waals surface area contributed by atoms with E-state index in [0.29, 0.717) is 0 Å². The second-order valence-corrected chi connectivity index (χ2v) is 5.42. The predicted molar refractivity (Wildman–Crippen MR) is 89.7 cm³/mol. The molecule has 22 heavy (non-hydrogen) atoms. The van der Waals surface area contributed by atoms with Crippen molar-refractivity contribution in [3.8, 4) is 0 Å². The summed E-state index contributed by atoms with van der Waals surface area (Å²) in [7, 11) is 0. The summed E-state index contributed by atoms with van der Waals surface area (Å²) in [6, 6.07) is 0. The Hall–Kier alpha value is -1.39. The van der Waals surface area contributed by atoms with E-state index in [9.17, 15) is 15.0 Å². The van der Waals surface area contributed by atoms with Crippen molar-refractivity contribution in [1.29, 1.82) is 0 Å². The Kier molecular flexibility index (Phi) is 13.6. The average Bonchev–Trinajstić information content (AvgIpc) is 2.48. The Morgan fingerprint density at radius 2 is 1.41 bits per heavy atom. The summed E-state index contributed by atoms with van der Waals surface area (Å²) in [6.07, 6.45) is 16.1. The fraction of sp³-hybridized carbons (Fsp3) is 0.611. The van der Waals surface area contributed by atoms with E-state index in [1.165, 1.54) is 25.7 Å². The molecule has 0 aromatic heterocycles. The Bertz CT molecular complexity index is 358. The number of aliphatic hydroxyl groups is 2. The molecule has 0 aliphatic carbocycles. The molecule has 126 valence electrons. The predicted octanol–water partition coefficient (Wildman–Crippen LogP) is 3.60. The number of aliphatic hydroxyl groups excluding tert-OH is 2. The second kappa shape index (κ2) is 14.5. The number of carboxylic acid groups (broad SMARTS) is 1. The highest BCUT2D eigenvalue weighted by Crippen LogP contribution is 2.08. The van der Waals surface area contributed by atoms with Crippen LogP contribution in [0.15, 0.2) is 36.5 Å². The molecule has 0 rings (SSSR count). The lowest BCUT2D eigenvalue weighted by molar-refractivity contribution is -0.137. The molecule has 2 unspecified atom stereocenters. The zero-order valence-corrected chi connectivity index (χ0v) is 13.5. The van der Waals surface area contributed by atoms with E-state index < -0.39 is 18.2 Å². The van der Waals surface area contributed by atoms with Crippen LogP contribution in [0.3, 0.4) is 0 Å². The summed E-state index contributed by atoms with van der Waals surface area (Å²) >= 11 is 0. The smallest absolute Gasteiger partial charge is 0.303 e. The highest BCUT2D eigenvalue weighted by Gasteiger charge is 2.02. The van der Waals surface area contributed by atoms with Crippen molar-refractivity contribution in [1.82, 2.24) is 0 Å². The van der Waals surface area contributed by atoms with Gasteiger partial charge in [-0.25, -0.2) is 0 Å². The maximum atomic E-state index is 10.3. The fourth-order valence-electron chi connectivity index (χ4n) is 1.93. The highest BCUT2D eigenvalue weighted by atomic mass is 16.4. The molecule has 2 atom stereocenters. The summed E-state index contributed by atoms with van der Waals surface area (Å²) in [5.41, 5.74) is 0. The lowest BCUT2D eigenvalue weighted by Crippen LogP contribution is -2.05. The minimum Gasteiger partial charge on any atom is -0.481 e. The van der Waals surface area contributed by atoms with Crippen molar-refractivity contribution in [2.75, 3.05) is 0 Å². The van der Waals surface area contributed by atoms with Gasteiger partial charge in [-0.1, -0.05) is 75.5 Å². The summed E-state index contributed by atoms with van der Waals surface area (Å²) in [5, 5.41) is 27.7. The van der Waals surface area contributed by atoms with Crippen LogP contribution in [-0.2, 0) is 4.79 Å². The van der Waals surface area contributed by atoms with E-state index >= 15 is 0 Å². The van der Waals surface area contributed by atoms with Crippen LogP contribution in [0.2, 0.25) is 0 Å². The van der Waals surface area contributed by atoms with E-state index in [1.54, 1.807) is 36.5 Å². The first-order valence-electron chi connectivity index (χ1n) is 8.15. The highest BCUT2D eigenvalue weighted by molar-refractivity contribution is 5.66. The molecule has 0 saturated carbocycles. The maximum Gasteiger partial charge on any atom is 0.303 e. The first kappa shape index (κ1) is 20.6. The van der Waals surface area contributed by atoms with Gasteiger partial charge in [0.05, 0.1) is 12.2 Å². The molecule has 0 saturated heterocycles. The molecule has 0 fully saturated rings. The third-order valence-electron chi connectivity index (χ3n) is 3.26. The van der Waals surface area contributed by atoms with Crippen molar-refractivity contribution in [3.63, 3.8) is 0 Å². The first-order valence-corrected chi connectivity index (χ1v) is 8.15. The van der Waals surface area contributed by atoms with Gasteiger partial charge in [0, 0.05) is 6.42 Å². The van der Waals surface area contributed by atoms with E-state index in [1.807, 2.05) is 0 Å². The van der Waals surface area contributed by atoms with Gasteiger partial charge in [0.1, 0.15) is 0 Å². The Morgan fingerprint density at radius 1 is 0.864 bits per heavy atom. The molecule has 0 spiro atoms. The van der Waals surface area contributed by atoms with Gasteiger partial charge in [-0.05, 0) is 12.8 Å². The molecule has 0 aromatic carbocycles. The van der Waals surface area contributed by atoms with Gasteiger partial charge in [0.2, 0.25) is 0 Å². The van der Waals surface area contributed by atoms with E-state index in [4.69, 9.17) is 5.11 Å². The van der Waals surface area contributed by atoms with Gasteiger partial charge < -0.3 is 15.3 Å². The third kappa shape index (κ3) is 15.0. The molecule has 0 radical (unpaired) electrons. The van der Waals surface area contributed by atoms with Crippen molar-refractivity contribution in [2.24, 2.45) is 0 Å². The summed E-state index contributed by atoms with van der Waals surface area (Å²) in [6.45, 7) is 2.18. The topological polar surface area (TPSA) is 77.8 Å². The van der Waals surface area contributed by atoms with Gasteiger partial charge in [-0.15, -0.1) is 0 Å². The Balaban J connectivity index is 3.74. The SMILES string of the molecule is CCCCCCCC(O)/C=C/C=C/C=C\C(O)CCC(=O)O. The number of unbranched alkanes of at least 4 members (excludes halogenated alkanes) is 4. The standard InChI is InChI=1S/C18H30O4/c1-2-3-4-5-8-11-16(19)12-9-6-7-10-13-17(20)14-15-18(21)22/h6-7,9-10,12-13,16-17,19-20H,2-5,8,11,14-15H2,1H3,(H,21,22)/b7-6+,12-9+,13-10-. The van der Waals surface area contributed by atoms with E-state index in [0.717, 1.165) is 12.8 Å². The molecule has 0 amide bonds. The lowest BCUT2D eigenvalue weighted by Gasteiger charge is -2.04. The van der Waals surface area contributed by atoms with Crippen LogP contribution in [0.25, 0.3) is 0 Å². The van der Waals surface area contributed by atoms with Crippen LogP contribution < -0.4 is 0 Å². The Labute approximate surface area is 133 Å². The van der Waals surface area contributed by atoms with Gasteiger partial charge in [0.25, 0.3) is 0 Å². The average molecular weight is 310 g/mol. The lowest BCUT2D eigenvalue weighted by atomic mass is 10.1. The zero-order chi connectivity index (χ0) is 16.6. The molecule has 0 aliphatic rings. The van der Waals surface area contributed by atoms with Gasteiger partial charge in [-0.3, -0.25) is 4.79 Å². The minimum absolute atomic E-state index is 0.0421. The van der Waals surface area contributed by atoms with Crippen LogP contribution in [0.4, 0.5) is 0 Å². The quantitative estimate of drug-likeness (QED) is 0.359. The van der Waals surface area contributed by atoms with Crippen LogP contribution in [-0.4, -0.2) is 33.5 Å². The summed E-state index contributed by atoms with van der Waals surface area (Å²) in [4.78, 5) is 10.3. The number of carboxylic acids is 1. The van der Waals surface area contributed by atoms with Crippen LogP contribution in [0.1, 0.15) is 58.3 Å². The number of hydrogen-bond acceptors (Lipinski definition) is 3. The van der Waals surface area contributed by atoms with Gasteiger partial charge >= 0.3 is 5.97 Å². The molecular weight excluding hydrogens is 280 g/mol. The van der Waals surface area contributed by atoms with Crippen LogP contribution in [0.5, 0.6) is 0 Å². The number of hydrogen-bond donors (Lipinski definition) is 3. The molecule has 0 bridgehead atoms. The monoisotopic (exact) mass is 310 g/mol. The molecule has 3 N–H and O–H groups in total.